The molecule has 32 heavy (non-hydrogen) atoms. The van der Waals surface area contributed by atoms with Crippen LogP contribution < -0.4 is 0 Å². The molecule has 1 atom stereocenters. The Balaban J connectivity index is 1.45. The van der Waals surface area contributed by atoms with Crippen LogP contribution in [-0.4, -0.2) is 41.9 Å². The Morgan fingerprint density at radius 2 is 2.09 bits per heavy atom. The average molecular weight is 442 g/mol. The van der Waals surface area contributed by atoms with Gasteiger partial charge in [0.1, 0.15) is 6.04 Å². The van der Waals surface area contributed by atoms with Gasteiger partial charge in [0.05, 0.1) is 35.0 Å². The Bertz CT molecular complexity index is 1330. The van der Waals surface area contributed by atoms with Crippen LogP contribution in [0, 0.1) is 0 Å². The molecule has 1 aliphatic carbocycles. The minimum Gasteiger partial charge on any atom is -0.435 e. The van der Waals surface area contributed by atoms with Crippen LogP contribution in [0.5, 0.6) is 0 Å². The number of pyridine rings is 1. The van der Waals surface area contributed by atoms with E-state index in [4.69, 9.17) is 4.42 Å². The number of halogens is 3. The molecular formula is C21H17F3N6O2. The highest BCUT2D eigenvalue weighted by Crippen LogP contribution is 2.40. The molecule has 0 unspecified atom stereocenters. The number of carbonyl (C=O) groups is 1. The second kappa shape index (κ2) is 6.68. The minimum absolute atomic E-state index is 0.0826. The number of hydrogen-bond acceptors (Lipinski definition) is 5. The SMILES string of the molecule is O=C(c1cnc(C2CC2)o1)N1CCc2[nH]cnc2[C@@H]1c1cc2c(C(F)(F)F)cccn2n1. The lowest BCUT2D eigenvalue weighted by Gasteiger charge is -2.33. The zero-order valence-corrected chi connectivity index (χ0v) is 16.6. The highest BCUT2D eigenvalue weighted by atomic mass is 19.4. The molecule has 0 bridgehead atoms. The van der Waals surface area contributed by atoms with Crippen molar-refractivity contribution in [1.29, 1.82) is 0 Å². The predicted molar refractivity (Wildman–Crippen MR) is 104 cm³/mol. The van der Waals surface area contributed by atoms with E-state index in [-0.39, 0.29) is 17.2 Å². The lowest BCUT2D eigenvalue weighted by Crippen LogP contribution is -2.40. The standard InChI is InChI=1S/C21H17F3N6O2/c22-21(23,24)12-2-1-6-30-15(12)8-14(28-30)18-17-13(26-10-27-17)5-7-29(18)20(31)16-9-25-19(32-16)11-3-4-11/h1-2,6,8-11,18H,3-5,7H2,(H,26,27)/t18-/m0/s1. The molecule has 4 aromatic rings. The van der Waals surface area contributed by atoms with Crippen molar-refractivity contribution in [2.24, 2.45) is 0 Å². The molecule has 1 amide bonds. The predicted octanol–water partition coefficient (Wildman–Crippen LogP) is 3.73. The molecule has 0 saturated heterocycles. The van der Waals surface area contributed by atoms with Crippen molar-refractivity contribution < 1.29 is 22.4 Å². The minimum atomic E-state index is -4.53. The quantitative estimate of drug-likeness (QED) is 0.522. The van der Waals surface area contributed by atoms with Crippen LogP contribution in [-0.2, 0) is 12.6 Å². The highest BCUT2D eigenvalue weighted by Gasteiger charge is 2.39. The third-order valence-electron chi connectivity index (χ3n) is 5.95. The molecule has 1 saturated carbocycles. The fraction of sp³-hybridized carbons (Fsp3) is 0.333. The van der Waals surface area contributed by atoms with E-state index in [1.54, 1.807) is 0 Å². The summed E-state index contributed by atoms with van der Waals surface area (Å²) in [4.78, 5) is 26.5. The third-order valence-corrected chi connectivity index (χ3v) is 5.95. The monoisotopic (exact) mass is 442 g/mol. The number of amides is 1. The number of aromatic nitrogens is 5. The molecule has 5 heterocycles. The van der Waals surface area contributed by atoms with E-state index in [2.05, 4.69) is 20.1 Å². The summed E-state index contributed by atoms with van der Waals surface area (Å²) in [6.45, 7) is 0.332. The first-order valence-electron chi connectivity index (χ1n) is 10.2. The maximum atomic E-state index is 13.5. The number of H-pyrrole nitrogens is 1. The maximum absolute atomic E-state index is 13.5. The molecule has 0 aromatic carbocycles. The summed E-state index contributed by atoms with van der Waals surface area (Å²) in [6.07, 6.45) is 2.36. The molecule has 164 valence electrons. The van der Waals surface area contributed by atoms with Crippen molar-refractivity contribution >= 4 is 11.4 Å². The van der Waals surface area contributed by atoms with Crippen LogP contribution in [0.15, 0.2) is 41.3 Å². The molecule has 11 heteroatoms. The number of nitrogens with one attached hydrogen (secondary N) is 1. The van der Waals surface area contributed by atoms with Gasteiger partial charge in [-0.3, -0.25) is 4.79 Å². The Hall–Kier alpha value is -3.63. The molecule has 4 aromatic heterocycles. The van der Waals surface area contributed by atoms with Crippen molar-refractivity contribution in [2.45, 2.75) is 37.4 Å². The molecule has 8 nitrogen and oxygen atoms in total. The smallest absolute Gasteiger partial charge is 0.418 e. The Labute approximate surface area is 179 Å². The molecule has 1 fully saturated rings. The summed E-state index contributed by atoms with van der Waals surface area (Å²) in [5.41, 5.74) is 0.802. The molecule has 0 spiro atoms. The lowest BCUT2D eigenvalue weighted by atomic mass is 9.99. The van der Waals surface area contributed by atoms with Gasteiger partial charge in [-0.2, -0.15) is 18.3 Å². The van der Waals surface area contributed by atoms with E-state index >= 15 is 0 Å². The van der Waals surface area contributed by atoms with Crippen molar-refractivity contribution in [3.8, 4) is 0 Å². The van der Waals surface area contributed by atoms with Gasteiger partial charge in [0.15, 0.2) is 5.89 Å². The zero-order chi connectivity index (χ0) is 22.0. The van der Waals surface area contributed by atoms with Gasteiger partial charge in [0, 0.05) is 30.8 Å². The Morgan fingerprint density at radius 3 is 2.88 bits per heavy atom. The Morgan fingerprint density at radius 1 is 1.25 bits per heavy atom. The van der Waals surface area contributed by atoms with E-state index < -0.39 is 23.7 Å². The maximum Gasteiger partial charge on any atom is 0.418 e. The van der Waals surface area contributed by atoms with Crippen molar-refractivity contribution in [3.05, 3.63) is 71.2 Å². The number of hydrogen-bond donors (Lipinski definition) is 1. The number of alkyl halides is 3. The summed E-state index contributed by atoms with van der Waals surface area (Å²) in [5.74, 6) is 0.516. The number of aromatic amines is 1. The first-order chi connectivity index (χ1) is 15.4. The van der Waals surface area contributed by atoms with Gasteiger partial charge in [0.25, 0.3) is 5.91 Å². The fourth-order valence-corrected chi connectivity index (χ4v) is 4.25. The van der Waals surface area contributed by atoms with Crippen LogP contribution in [0.3, 0.4) is 0 Å². The molecule has 2 aliphatic rings. The van der Waals surface area contributed by atoms with Gasteiger partial charge in [-0.25, -0.2) is 14.5 Å². The van der Waals surface area contributed by atoms with Gasteiger partial charge in [-0.1, -0.05) is 0 Å². The van der Waals surface area contributed by atoms with Gasteiger partial charge in [0.2, 0.25) is 5.76 Å². The van der Waals surface area contributed by atoms with Crippen LogP contribution in [0.4, 0.5) is 13.2 Å². The first kappa shape index (κ1) is 19.1. The van der Waals surface area contributed by atoms with Crippen molar-refractivity contribution in [1.82, 2.24) is 29.5 Å². The first-order valence-corrected chi connectivity index (χ1v) is 10.2. The molecule has 0 radical (unpaired) electrons. The normalized spacial score (nSPS) is 18.8. The third kappa shape index (κ3) is 2.99. The summed E-state index contributed by atoms with van der Waals surface area (Å²) in [7, 11) is 0. The van der Waals surface area contributed by atoms with Crippen LogP contribution >= 0.6 is 0 Å². The lowest BCUT2D eigenvalue weighted by molar-refractivity contribution is -0.136. The largest absolute Gasteiger partial charge is 0.435 e. The number of carbonyl (C=O) groups excluding carboxylic acids is 1. The van der Waals surface area contributed by atoms with Gasteiger partial charge in [-0.05, 0) is 31.0 Å². The van der Waals surface area contributed by atoms with E-state index in [9.17, 15) is 18.0 Å². The summed E-state index contributed by atoms with van der Waals surface area (Å²) < 4.78 is 47.4. The Kier molecular flexibility index (Phi) is 3.99. The van der Waals surface area contributed by atoms with E-state index in [0.29, 0.717) is 30.2 Å². The molecule has 1 N–H and O–H groups in total. The number of nitrogens with zero attached hydrogens (tertiary/aromatic N) is 5. The van der Waals surface area contributed by atoms with Crippen LogP contribution in [0.2, 0.25) is 0 Å². The molecular weight excluding hydrogens is 425 g/mol. The summed E-state index contributed by atoms with van der Waals surface area (Å²) in [5, 5.41) is 4.38. The number of fused-ring (bicyclic) bond motifs is 2. The fourth-order valence-electron chi connectivity index (χ4n) is 4.25. The zero-order valence-electron chi connectivity index (χ0n) is 16.6. The van der Waals surface area contributed by atoms with Crippen molar-refractivity contribution in [3.63, 3.8) is 0 Å². The number of rotatable bonds is 3. The van der Waals surface area contributed by atoms with Crippen LogP contribution in [0.1, 0.15) is 63.9 Å². The van der Waals surface area contributed by atoms with E-state index in [1.165, 1.54) is 40.3 Å². The molecule has 6 rings (SSSR count). The van der Waals surface area contributed by atoms with E-state index in [1.807, 2.05) is 0 Å². The summed E-state index contributed by atoms with van der Waals surface area (Å²) >= 11 is 0. The summed E-state index contributed by atoms with van der Waals surface area (Å²) in [6, 6.07) is 2.92. The van der Waals surface area contributed by atoms with Gasteiger partial charge in [-0.15, -0.1) is 0 Å². The average Bonchev–Trinajstić information content (AvgIpc) is 3.18. The number of oxazole rings is 1. The van der Waals surface area contributed by atoms with Gasteiger partial charge < -0.3 is 14.3 Å². The second-order valence-electron chi connectivity index (χ2n) is 8.07. The number of imidazole rings is 1. The highest BCUT2D eigenvalue weighted by molar-refractivity contribution is 5.92. The van der Waals surface area contributed by atoms with E-state index in [0.717, 1.165) is 24.6 Å². The second-order valence-corrected chi connectivity index (χ2v) is 8.07. The topological polar surface area (TPSA) is 92.3 Å². The van der Waals surface area contributed by atoms with Crippen LogP contribution in [0.25, 0.3) is 5.52 Å². The van der Waals surface area contributed by atoms with Gasteiger partial charge >= 0.3 is 6.18 Å². The molecule has 1 aliphatic heterocycles. The van der Waals surface area contributed by atoms with Crippen molar-refractivity contribution in [2.75, 3.05) is 6.54 Å².